The van der Waals surface area contributed by atoms with Crippen LogP contribution in [-0.4, -0.2) is 83.8 Å². The number of ether oxygens (including phenoxy) is 4. The minimum absolute atomic E-state index is 0.00433. The van der Waals surface area contributed by atoms with Crippen LogP contribution in [0.5, 0.6) is 0 Å². The van der Waals surface area contributed by atoms with Crippen molar-refractivity contribution in [3.05, 3.63) is 120 Å². The first-order valence-electron chi connectivity index (χ1n) is 19.0. The molecule has 13 heteroatoms. The summed E-state index contributed by atoms with van der Waals surface area (Å²) in [7, 11) is -2.11. The zero-order valence-corrected chi connectivity index (χ0v) is 36.1. The van der Waals surface area contributed by atoms with Crippen molar-refractivity contribution in [2.45, 2.75) is 107 Å². The van der Waals surface area contributed by atoms with E-state index in [9.17, 15) is 18.9 Å². The summed E-state index contributed by atoms with van der Waals surface area (Å²) in [4.78, 5) is 41.8. The minimum Gasteiger partial charge on any atom is -0.598 e. The maximum atomic E-state index is 14.0. The van der Waals surface area contributed by atoms with E-state index >= 15 is 0 Å². The molecule has 5 rings (SSSR count). The highest BCUT2D eigenvalue weighted by Crippen LogP contribution is 2.40. The number of carbonyl (C=O) groups is 3. The molecule has 0 aliphatic carbocycles. The first kappa shape index (κ1) is 43.7. The molecule has 2 heterocycles. The summed E-state index contributed by atoms with van der Waals surface area (Å²) in [5, 5.41) is 0.00433. The van der Waals surface area contributed by atoms with Gasteiger partial charge < -0.3 is 27.9 Å². The number of benzene rings is 3. The molecule has 1 N–H and O–H groups in total. The van der Waals surface area contributed by atoms with Gasteiger partial charge in [-0.25, -0.2) is 14.4 Å². The van der Waals surface area contributed by atoms with E-state index in [-0.39, 0.29) is 27.6 Å². The number of rotatable bonds is 11. The van der Waals surface area contributed by atoms with Crippen LogP contribution in [0.25, 0.3) is 0 Å². The number of carbonyl (C=O) groups excluding carboxylic acids is 3. The predicted molar refractivity (Wildman–Crippen MR) is 223 cm³/mol. The fraction of sp³-hybridized carbons (Fsp3) is 0.465. The normalized spacial score (nSPS) is 25.6. The van der Waals surface area contributed by atoms with Gasteiger partial charge in [0.2, 0.25) is 0 Å². The van der Waals surface area contributed by atoms with Gasteiger partial charge in [0.05, 0.1) is 22.7 Å². The lowest BCUT2D eigenvalue weighted by molar-refractivity contribution is -0.205. The standard InChI is InChI=1S/C43H55NO9S2Si/c1-42(2,3)55(48)44-33-26-18-19-29(27-49-56(7,8)43(4,5)6)28-54-41-37(52-40(47)32-24-16-11-17-25-32)36(51-39(46)31-22-14-10-15-23-31)35(34(33)53-41)50-38(45)30-20-12-9-13-21-30/h9-25,29,33-37,41,44H,26-28H2,1-8H3/b19-18-/t29-,33+,34+,35-,36-,37+,41+,55?/m0/s1. The second-order valence-electron chi connectivity index (χ2n) is 16.6. The van der Waals surface area contributed by atoms with Gasteiger partial charge in [-0.3, -0.25) is 0 Å². The summed E-state index contributed by atoms with van der Waals surface area (Å²) in [5.41, 5.74) is -0.0881. The maximum absolute atomic E-state index is 14.0. The highest BCUT2D eigenvalue weighted by molar-refractivity contribution is 7.99. The Kier molecular flexibility index (Phi) is 14.7. The number of thioether (sulfide) groups is 1. The molecule has 0 spiro atoms. The topological polar surface area (TPSA) is 132 Å². The van der Waals surface area contributed by atoms with Crippen molar-refractivity contribution < 1.29 is 42.3 Å². The highest BCUT2D eigenvalue weighted by atomic mass is 32.2. The van der Waals surface area contributed by atoms with Crippen molar-refractivity contribution in [2.24, 2.45) is 5.92 Å². The molecule has 2 aliphatic rings. The van der Waals surface area contributed by atoms with Crippen LogP contribution in [0.3, 0.4) is 0 Å². The van der Waals surface area contributed by atoms with E-state index in [1.54, 1.807) is 91.0 Å². The van der Waals surface area contributed by atoms with Gasteiger partial charge in [-0.05, 0) is 81.7 Å². The van der Waals surface area contributed by atoms with Crippen LogP contribution in [0, 0.1) is 5.92 Å². The zero-order valence-electron chi connectivity index (χ0n) is 33.5. The molecule has 0 radical (unpaired) electrons. The van der Waals surface area contributed by atoms with Gasteiger partial charge in [-0.2, -0.15) is 0 Å². The van der Waals surface area contributed by atoms with Crippen LogP contribution >= 0.6 is 11.8 Å². The highest BCUT2D eigenvalue weighted by Gasteiger charge is 2.56. The van der Waals surface area contributed by atoms with E-state index in [1.165, 1.54) is 11.8 Å². The van der Waals surface area contributed by atoms with E-state index in [4.69, 9.17) is 23.4 Å². The van der Waals surface area contributed by atoms with Crippen LogP contribution in [0.15, 0.2) is 103 Å². The molecule has 0 aromatic heterocycles. The molecule has 3 aromatic rings. The molecular formula is C43H55NO9S2Si. The molecular weight excluding hydrogens is 767 g/mol. The predicted octanol–water partition coefficient (Wildman–Crippen LogP) is 8.14. The average molecular weight is 822 g/mol. The third-order valence-electron chi connectivity index (χ3n) is 10.2. The molecule has 0 amide bonds. The third kappa shape index (κ3) is 11.4. The Morgan fingerprint density at radius 2 is 1.23 bits per heavy atom. The Labute approximate surface area is 339 Å². The molecule has 2 aliphatic heterocycles. The van der Waals surface area contributed by atoms with E-state index in [1.807, 2.05) is 26.8 Å². The van der Waals surface area contributed by atoms with E-state index in [0.717, 1.165) is 0 Å². The Morgan fingerprint density at radius 3 is 1.70 bits per heavy atom. The van der Waals surface area contributed by atoms with E-state index < -0.39 is 78.2 Å². The van der Waals surface area contributed by atoms with Gasteiger partial charge in [-0.15, -0.1) is 16.5 Å². The fourth-order valence-corrected chi connectivity index (χ4v) is 9.05. The molecule has 1 fully saturated rings. The summed E-state index contributed by atoms with van der Waals surface area (Å²) in [6, 6.07) is 24.7. The Morgan fingerprint density at radius 1 is 0.768 bits per heavy atom. The molecule has 1 unspecified atom stereocenters. The Hall–Kier alpha value is -3.43. The van der Waals surface area contributed by atoms with Crippen LogP contribution in [0.2, 0.25) is 18.1 Å². The van der Waals surface area contributed by atoms with Crippen molar-refractivity contribution in [1.82, 2.24) is 4.72 Å². The second-order valence-corrected chi connectivity index (χ2v) is 24.5. The van der Waals surface area contributed by atoms with E-state index in [2.05, 4.69) is 44.7 Å². The smallest absolute Gasteiger partial charge is 0.338 e. The van der Waals surface area contributed by atoms with Crippen molar-refractivity contribution in [3.8, 4) is 0 Å². The number of hydrogen-bond donors (Lipinski definition) is 1. The molecule has 8 atom stereocenters. The quantitative estimate of drug-likeness (QED) is 0.0661. The van der Waals surface area contributed by atoms with Crippen molar-refractivity contribution in [3.63, 3.8) is 0 Å². The summed E-state index contributed by atoms with van der Waals surface area (Å²) >= 11 is -0.177. The van der Waals surface area contributed by atoms with Gasteiger partial charge in [-0.1, -0.05) is 87.5 Å². The minimum atomic E-state index is -2.11. The van der Waals surface area contributed by atoms with Gasteiger partial charge in [0, 0.05) is 29.6 Å². The average Bonchev–Trinajstić information content (AvgIpc) is 3.16. The largest absolute Gasteiger partial charge is 0.598 e. The lowest BCUT2D eigenvalue weighted by atomic mass is 9.92. The molecule has 0 saturated carbocycles. The molecule has 2 bridgehead atoms. The second kappa shape index (κ2) is 18.9. The molecule has 3 aromatic carbocycles. The first-order chi connectivity index (χ1) is 26.4. The van der Waals surface area contributed by atoms with Gasteiger partial charge in [0.15, 0.2) is 26.6 Å². The van der Waals surface area contributed by atoms with Crippen LogP contribution in [0.4, 0.5) is 0 Å². The van der Waals surface area contributed by atoms with Crippen LogP contribution < -0.4 is 4.72 Å². The SMILES string of the molecule is CC(C)(C)[S+]([O-])N[C@@H]1C/C=C\[C@@H](CO[Si](C)(C)C(C)(C)C)CS[C@H]2O[C@H]1[C@H](OC(=O)c1ccccc1)[C@H](OC(=O)c1ccccc1)[C@H]2OC(=O)c1ccccc1. The Balaban J connectivity index is 1.62. The summed E-state index contributed by atoms with van der Waals surface area (Å²) in [6.45, 7) is 17.0. The lowest BCUT2D eigenvalue weighted by Crippen LogP contribution is -2.66. The molecule has 10 nitrogen and oxygen atoms in total. The van der Waals surface area contributed by atoms with Crippen molar-refractivity contribution >= 4 is 49.3 Å². The summed E-state index contributed by atoms with van der Waals surface area (Å²) in [6.07, 6.45) is -0.422. The number of esters is 3. The number of nitrogens with one attached hydrogen (secondary N) is 1. The van der Waals surface area contributed by atoms with Crippen LogP contribution in [0.1, 0.15) is 79.0 Å². The number of hydrogen-bond acceptors (Lipinski definition) is 11. The maximum Gasteiger partial charge on any atom is 0.338 e. The van der Waals surface area contributed by atoms with Gasteiger partial charge in [0.1, 0.15) is 16.3 Å². The molecule has 56 heavy (non-hydrogen) atoms. The number of fused-ring (bicyclic) bond motifs is 2. The zero-order chi connectivity index (χ0) is 40.7. The lowest BCUT2D eigenvalue weighted by Gasteiger charge is -2.47. The molecule has 302 valence electrons. The van der Waals surface area contributed by atoms with Gasteiger partial charge in [0.25, 0.3) is 0 Å². The van der Waals surface area contributed by atoms with Crippen LogP contribution in [-0.2, 0) is 34.7 Å². The van der Waals surface area contributed by atoms with E-state index in [0.29, 0.717) is 18.8 Å². The van der Waals surface area contributed by atoms with Crippen molar-refractivity contribution in [1.29, 1.82) is 0 Å². The monoisotopic (exact) mass is 821 g/mol. The third-order valence-corrected chi connectivity index (χ3v) is 17.7. The summed E-state index contributed by atoms with van der Waals surface area (Å²) < 4.78 is 48.9. The molecule has 1 saturated heterocycles. The van der Waals surface area contributed by atoms with Gasteiger partial charge >= 0.3 is 17.9 Å². The van der Waals surface area contributed by atoms with Crippen molar-refractivity contribution in [2.75, 3.05) is 12.4 Å². The summed E-state index contributed by atoms with van der Waals surface area (Å²) in [5.74, 6) is -1.60. The fourth-order valence-electron chi connectivity index (χ4n) is 5.88. The first-order valence-corrected chi connectivity index (χ1v) is 24.1. The Bertz CT molecular complexity index is 1780.